The van der Waals surface area contributed by atoms with E-state index in [1.165, 1.54) is 0 Å². The number of hydrogen-bond donors (Lipinski definition) is 2. The lowest BCUT2D eigenvalue weighted by Gasteiger charge is -2.25. The molecule has 6 rings (SSSR count). The third-order valence-corrected chi connectivity index (χ3v) is 6.19. The van der Waals surface area contributed by atoms with Gasteiger partial charge in [-0.25, -0.2) is 4.98 Å². The van der Waals surface area contributed by atoms with Crippen LogP contribution < -0.4 is 16.3 Å². The second-order valence-electron chi connectivity index (χ2n) is 8.73. The largest absolute Gasteiger partial charge is 0.480 e. The molecule has 3 N–H and O–H groups in total. The van der Waals surface area contributed by atoms with Crippen LogP contribution in [0, 0.1) is 23.7 Å². The summed E-state index contributed by atoms with van der Waals surface area (Å²) in [6.45, 7) is -0.738. The molecule has 0 saturated heterocycles. The van der Waals surface area contributed by atoms with Crippen molar-refractivity contribution in [1.82, 2.24) is 15.0 Å². The molecule has 0 fully saturated rings. The average molecular weight is 507 g/mol. The van der Waals surface area contributed by atoms with Crippen molar-refractivity contribution in [1.29, 1.82) is 0 Å². The van der Waals surface area contributed by atoms with Crippen LogP contribution in [-0.4, -0.2) is 21.9 Å². The minimum atomic E-state index is -0.738. The van der Waals surface area contributed by atoms with Crippen molar-refractivity contribution in [2.24, 2.45) is 5.64 Å². The number of allylic oxidation sites excluding steroid dienone is 2. The Bertz CT molecular complexity index is 1570. The van der Waals surface area contributed by atoms with Gasteiger partial charge in [0.05, 0.1) is 12.5 Å². The number of anilines is 1. The number of nitrogens with one attached hydrogen (secondary N) is 1. The van der Waals surface area contributed by atoms with E-state index in [-0.39, 0.29) is 0 Å². The Hall–Kier alpha value is -5.31. The van der Waals surface area contributed by atoms with Crippen molar-refractivity contribution in [3.05, 3.63) is 115 Å². The Morgan fingerprint density at radius 2 is 1.18 bits per heavy atom. The lowest BCUT2D eigenvalue weighted by molar-refractivity contribution is 0.192. The molecule has 4 aromatic rings. The molecule has 3 heterocycles. The second kappa shape index (κ2) is 11.0. The molecule has 0 bridgehead atoms. The number of benzene rings is 3. The highest BCUT2D eigenvalue weighted by atomic mass is 16.5. The third kappa shape index (κ3) is 5.24. The number of nitrogens with zero attached hydrogens (tertiary/aromatic N) is 3. The standard InChI is InChI=1S/C31H22BN5O2/c33-32(28-24(26-18-7-9-20-38-26)16-11-17-25(28)27-19-8-10-21-39-27)37-31-35-29(22-12-3-1-4-13-22)34-30(36-31)23-14-5-2-6-15-23/h1-6,9-17,20-21,26-27H,33H2,(H,34,35,36,37). The zero-order valence-electron chi connectivity index (χ0n) is 20.8. The lowest BCUT2D eigenvalue weighted by Crippen LogP contribution is -2.52. The first kappa shape index (κ1) is 24.1. The predicted molar refractivity (Wildman–Crippen MR) is 152 cm³/mol. The van der Waals surface area contributed by atoms with Crippen LogP contribution in [0.3, 0.4) is 0 Å². The fourth-order valence-electron chi connectivity index (χ4n) is 4.42. The maximum Gasteiger partial charge on any atom is 0.373 e. The normalized spacial score (nSPS) is 16.5. The van der Waals surface area contributed by atoms with Gasteiger partial charge in [-0.1, -0.05) is 90.7 Å². The van der Waals surface area contributed by atoms with E-state index >= 15 is 0 Å². The SMILES string of the molecule is NB(Nc1nc(-c2ccccc2)nc(-c2ccccc2)n1)c1c(C2C#CC=CO2)cccc1C1C#CC=CO1. The van der Waals surface area contributed by atoms with Gasteiger partial charge in [-0.3, -0.25) is 0 Å². The molecular weight excluding hydrogens is 485 g/mol. The van der Waals surface area contributed by atoms with Gasteiger partial charge in [0.25, 0.3) is 0 Å². The van der Waals surface area contributed by atoms with Crippen LogP contribution in [0.1, 0.15) is 23.3 Å². The summed E-state index contributed by atoms with van der Waals surface area (Å²) in [6, 6.07) is 25.3. The molecule has 39 heavy (non-hydrogen) atoms. The van der Waals surface area contributed by atoms with E-state index in [9.17, 15) is 0 Å². The van der Waals surface area contributed by atoms with Crippen LogP contribution in [0.5, 0.6) is 0 Å². The highest BCUT2D eigenvalue weighted by molar-refractivity contribution is 6.74. The molecule has 0 saturated carbocycles. The van der Waals surface area contributed by atoms with Crippen molar-refractivity contribution in [2.75, 3.05) is 5.23 Å². The summed E-state index contributed by atoms with van der Waals surface area (Å²) in [5, 5.41) is 3.31. The highest BCUT2D eigenvalue weighted by Crippen LogP contribution is 2.25. The zero-order valence-corrected chi connectivity index (χ0v) is 20.8. The van der Waals surface area contributed by atoms with Crippen LogP contribution in [0.15, 0.2) is 104 Å². The predicted octanol–water partition coefficient (Wildman–Crippen LogP) is 4.15. The first-order valence-corrected chi connectivity index (χ1v) is 12.4. The monoisotopic (exact) mass is 507 g/mol. The molecule has 1 aromatic heterocycles. The molecule has 0 aliphatic carbocycles. The number of aromatic nitrogens is 3. The molecule has 0 amide bonds. The Balaban J connectivity index is 1.43. The first-order chi connectivity index (χ1) is 19.3. The van der Waals surface area contributed by atoms with E-state index in [2.05, 4.69) is 28.9 Å². The highest BCUT2D eigenvalue weighted by Gasteiger charge is 2.29. The van der Waals surface area contributed by atoms with E-state index in [0.29, 0.717) is 17.6 Å². The average Bonchev–Trinajstić information content (AvgIpc) is 3.02. The topological polar surface area (TPSA) is 95.2 Å². The Morgan fingerprint density at radius 1 is 0.667 bits per heavy atom. The molecule has 8 heteroatoms. The Labute approximate surface area is 227 Å². The van der Waals surface area contributed by atoms with Crippen molar-refractivity contribution >= 4 is 18.4 Å². The van der Waals surface area contributed by atoms with Gasteiger partial charge in [0, 0.05) is 34.4 Å². The lowest BCUT2D eigenvalue weighted by atomic mass is 9.64. The van der Waals surface area contributed by atoms with Crippen LogP contribution in [0.4, 0.5) is 5.95 Å². The molecule has 0 radical (unpaired) electrons. The number of ether oxygens (including phenoxy) is 2. The van der Waals surface area contributed by atoms with E-state index in [0.717, 1.165) is 27.7 Å². The van der Waals surface area contributed by atoms with E-state index < -0.39 is 19.2 Å². The summed E-state index contributed by atoms with van der Waals surface area (Å²) in [5.41, 5.74) is 11.0. The van der Waals surface area contributed by atoms with Crippen molar-refractivity contribution in [3.8, 4) is 46.5 Å². The maximum absolute atomic E-state index is 6.86. The van der Waals surface area contributed by atoms with E-state index in [4.69, 9.17) is 30.1 Å². The van der Waals surface area contributed by atoms with Crippen LogP contribution >= 0.6 is 0 Å². The van der Waals surface area contributed by atoms with Gasteiger partial charge >= 0.3 is 6.98 Å². The van der Waals surface area contributed by atoms with Gasteiger partial charge in [-0.2, -0.15) is 9.97 Å². The number of nitrogens with two attached hydrogens (primary N) is 1. The summed E-state index contributed by atoms with van der Waals surface area (Å²) < 4.78 is 11.7. The summed E-state index contributed by atoms with van der Waals surface area (Å²) in [4.78, 5) is 14.2. The second-order valence-corrected chi connectivity index (χ2v) is 8.73. The molecule has 2 aliphatic heterocycles. The molecule has 2 atom stereocenters. The minimum absolute atomic E-state index is 0.335. The molecule has 186 valence electrons. The van der Waals surface area contributed by atoms with Crippen molar-refractivity contribution < 1.29 is 9.47 Å². The first-order valence-electron chi connectivity index (χ1n) is 12.4. The van der Waals surface area contributed by atoms with E-state index in [1.54, 1.807) is 24.7 Å². The summed E-state index contributed by atoms with van der Waals surface area (Å²) in [5.74, 6) is 13.6. The van der Waals surface area contributed by atoms with Crippen LogP contribution in [-0.2, 0) is 9.47 Å². The quantitative estimate of drug-likeness (QED) is 0.287. The molecule has 3 aromatic carbocycles. The maximum atomic E-state index is 6.86. The van der Waals surface area contributed by atoms with Crippen LogP contribution in [0.2, 0.25) is 0 Å². The van der Waals surface area contributed by atoms with Crippen molar-refractivity contribution in [2.45, 2.75) is 12.2 Å². The number of rotatable bonds is 7. The molecule has 2 unspecified atom stereocenters. The Morgan fingerprint density at radius 3 is 1.64 bits per heavy atom. The van der Waals surface area contributed by atoms with Crippen molar-refractivity contribution in [3.63, 3.8) is 0 Å². The van der Waals surface area contributed by atoms with Gasteiger partial charge in [-0.05, 0) is 17.3 Å². The fourth-order valence-corrected chi connectivity index (χ4v) is 4.42. The fraction of sp³-hybridized carbons (Fsp3) is 0.0645. The summed E-state index contributed by atoms with van der Waals surface area (Å²) >= 11 is 0. The summed E-state index contributed by atoms with van der Waals surface area (Å²) in [7, 11) is 0. The van der Waals surface area contributed by atoms with Gasteiger partial charge in [0.1, 0.15) is 0 Å². The third-order valence-electron chi connectivity index (χ3n) is 6.19. The molecular formula is C31H22BN5O2. The molecule has 0 spiro atoms. The van der Waals surface area contributed by atoms with E-state index in [1.807, 2.05) is 78.9 Å². The minimum Gasteiger partial charge on any atom is -0.480 e. The van der Waals surface area contributed by atoms with Gasteiger partial charge in [0.15, 0.2) is 23.9 Å². The molecule has 2 aliphatic rings. The van der Waals surface area contributed by atoms with Gasteiger partial charge < -0.3 is 20.3 Å². The number of hydrogen-bond acceptors (Lipinski definition) is 7. The zero-order chi connectivity index (χ0) is 26.4. The van der Waals surface area contributed by atoms with Crippen LogP contribution in [0.25, 0.3) is 22.8 Å². The smallest absolute Gasteiger partial charge is 0.373 e. The molecule has 7 nitrogen and oxygen atoms in total. The van der Waals surface area contributed by atoms with Gasteiger partial charge in [-0.15, -0.1) is 0 Å². The van der Waals surface area contributed by atoms with Gasteiger partial charge in [0.2, 0.25) is 5.95 Å². The summed E-state index contributed by atoms with van der Waals surface area (Å²) in [6.07, 6.45) is 5.51. The Kier molecular flexibility index (Phi) is 6.77.